The Morgan fingerprint density at radius 3 is 2.17 bits per heavy atom. The van der Waals surface area contributed by atoms with Gasteiger partial charge in [0, 0.05) is 5.69 Å². The van der Waals surface area contributed by atoms with Crippen molar-refractivity contribution < 1.29 is 31.1 Å². The van der Waals surface area contributed by atoms with Crippen molar-refractivity contribution >= 4 is 27.3 Å². The molecular formula is C25H25F3N2O4S. The number of hydrogen-bond donors (Lipinski definition) is 1. The third-order valence-electron chi connectivity index (χ3n) is 5.30. The first-order valence-electron chi connectivity index (χ1n) is 10.7. The van der Waals surface area contributed by atoms with Crippen molar-refractivity contribution in [2.45, 2.75) is 31.3 Å². The molecular weight excluding hydrogens is 481 g/mol. The van der Waals surface area contributed by atoms with E-state index in [1.807, 2.05) is 6.92 Å². The lowest BCUT2D eigenvalue weighted by atomic mass is 10.1. The van der Waals surface area contributed by atoms with E-state index in [0.29, 0.717) is 5.56 Å². The van der Waals surface area contributed by atoms with Gasteiger partial charge in [0.1, 0.15) is 17.2 Å². The van der Waals surface area contributed by atoms with Crippen molar-refractivity contribution in [2.75, 3.05) is 23.3 Å². The Kier molecular flexibility index (Phi) is 7.74. The number of carbonyl (C=O) groups is 1. The average Bonchev–Trinajstić information content (AvgIpc) is 2.82. The minimum absolute atomic E-state index is 0.106. The number of hydrogen-bond acceptors (Lipinski definition) is 4. The molecule has 0 bridgehead atoms. The summed E-state index contributed by atoms with van der Waals surface area (Å²) in [5, 5.41) is 2.46. The molecule has 0 unspecified atom stereocenters. The van der Waals surface area contributed by atoms with Crippen LogP contribution in [0.3, 0.4) is 0 Å². The van der Waals surface area contributed by atoms with E-state index >= 15 is 0 Å². The number of carbonyl (C=O) groups excluding carboxylic acids is 1. The first-order chi connectivity index (χ1) is 16.5. The first kappa shape index (κ1) is 26.1. The quantitative estimate of drug-likeness (QED) is 0.443. The summed E-state index contributed by atoms with van der Waals surface area (Å²) < 4.78 is 72.0. The van der Waals surface area contributed by atoms with Gasteiger partial charge in [-0.15, -0.1) is 0 Å². The standard InChI is InChI=1S/C25H25F3N2O4S/c1-4-18-6-12-21(13-7-18)30(35(32,33)23-15-17(2)5-14-22(23)34-3)16-24(31)29-20-10-8-19(9-11-20)25(26,27)28/h5-15H,4,16H2,1-3H3,(H,29,31). The molecule has 3 aromatic carbocycles. The van der Waals surface area contributed by atoms with Crippen LogP contribution in [0.4, 0.5) is 24.5 Å². The zero-order chi connectivity index (χ0) is 25.8. The van der Waals surface area contributed by atoms with Gasteiger partial charge in [0.25, 0.3) is 10.0 Å². The van der Waals surface area contributed by atoms with E-state index in [-0.39, 0.29) is 22.0 Å². The van der Waals surface area contributed by atoms with Crippen LogP contribution in [0.5, 0.6) is 5.75 Å². The molecule has 1 N–H and O–H groups in total. The highest BCUT2D eigenvalue weighted by atomic mass is 32.2. The number of halogens is 3. The largest absolute Gasteiger partial charge is 0.495 e. The number of nitrogens with one attached hydrogen (secondary N) is 1. The predicted molar refractivity (Wildman–Crippen MR) is 128 cm³/mol. The molecule has 0 atom stereocenters. The number of rotatable bonds is 8. The highest BCUT2D eigenvalue weighted by Crippen LogP contribution is 2.32. The topological polar surface area (TPSA) is 75.7 Å². The molecule has 3 aromatic rings. The molecule has 186 valence electrons. The second-order valence-corrected chi connectivity index (χ2v) is 9.64. The maximum Gasteiger partial charge on any atom is 0.416 e. The second kappa shape index (κ2) is 10.4. The lowest BCUT2D eigenvalue weighted by Gasteiger charge is -2.25. The number of benzene rings is 3. The minimum Gasteiger partial charge on any atom is -0.495 e. The van der Waals surface area contributed by atoms with E-state index in [9.17, 15) is 26.4 Å². The number of anilines is 2. The van der Waals surface area contributed by atoms with Crippen molar-refractivity contribution in [1.29, 1.82) is 0 Å². The molecule has 0 heterocycles. The summed E-state index contributed by atoms with van der Waals surface area (Å²) in [6.07, 6.45) is -3.77. The van der Waals surface area contributed by atoms with Crippen molar-refractivity contribution in [3.05, 3.63) is 83.4 Å². The minimum atomic E-state index is -4.51. The van der Waals surface area contributed by atoms with Crippen molar-refractivity contribution in [1.82, 2.24) is 0 Å². The van der Waals surface area contributed by atoms with E-state index in [2.05, 4.69) is 5.32 Å². The Bertz CT molecular complexity index is 1290. The summed E-state index contributed by atoms with van der Waals surface area (Å²) in [7, 11) is -2.91. The Balaban J connectivity index is 1.96. The summed E-state index contributed by atoms with van der Waals surface area (Å²) >= 11 is 0. The first-order valence-corrected chi connectivity index (χ1v) is 12.1. The Morgan fingerprint density at radius 1 is 1.00 bits per heavy atom. The fourth-order valence-electron chi connectivity index (χ4n) is 3.39. The second-order valence-electron chi connectivity index (χ2n) is 7.81. The van der Waals surface area contributed by atoms with Gasteiger partial charge in [0.05, 0.1) is 18.4 Å². The molecule has 0 spiro atoms. The summed E-state index contributed by atoms with van der Waals surface area (Å²) in [5.74, 6) is -0.603. The summed E-state index contributed by atoms with van der Waals surface area (Å²) in [4.78, 5) is 12.7. The highest BCUT2D eigenvalue weighted by molar-refractivity contribution is 7.93. The van der Waals surface area contributed by atoms with Gasteiger partial charge in [0.2, 0.25) is 5.91 Å². The van der Waals surface area contributed by atoms with Gasteiger partial charge in [-0.05, 0) is 73.0 Å². The number of nitrogens with zero attached hydrogens (tertiary/aromatic N) is 1. The number of alkyl halides is 3. The molecule has 0 saturated heterocycles. The Labute approximate surface area is 202 Å². The van der Waals surface area contributed by atoms with Crippen LogP contribution in [-0.2, 0) is 27.4 Å². The predicted octanol–water partition coefficient (Wildman–Crippen LogP) is 5.42. The molecule has 1 amide bonds. The molecule has 0 radical (unpaired) electrons. The van der Waals surface area contributed by atoms with Crippen molar-refractivity contribution in [2.24, 2.45) is 0 Å². The molecule has 0 aromatic heterocycles. The van der Waals surface area contributed by atoms with Crippen LogP contribution in [-0.4, -0.2) is 28.0 Å². The Morgan fingerprint density at radius 2 is 1.63 bits per heavy atom. The number of amides is 1. The van der Waals surface area contributed by atoms with Crippen molar-refractivity contribution in [3.63, 3.8) is 0 Å². The van der Waals surface area contributed by atoms with Crippen LogP contribution in [0.1, 0.15) is 23.6 Å². The van der Waals surface area contributed by atoms with Gasteiger partial charge in [0.15, 0.2) is 0 Å². The van der Waals surface area contributed by atoms with Gasteiger partial charge < -0.3 is 10.1 Å². The lowest BCUT2D eigenvalue weighted by molar-refractivity contribution is -0.137. The molecule has 0 fully saturated rings. The molecule has 10 heteroatoms. The van der Waals surface area contributed by atoms with Crippen LogP contribution in [0.2, 0.25) is 0 Å². The summed E-state index contributed by atoms with van der Waals surface area (Å²) in [6, 6.07) is 15.3. The Hall–Kier alpha value is -3.53. The monoisotopic (exact) mass is 506 g/mol. The maximum atomic E-state index is 13.7. The zero-order valence-corrected chi connectivity index (χ0v) is 20.2. The van der Waals surface area contributed by atoms with E-state index in [1.54, 1.807) is 37.3 Å². The van der Waals surface area contributed by atoms with E-state index in [0.717, 1.165) is 40.6 Å². The highest BCUT2D eigenvalue weighted by Gasteiger charge is 2.31. The molecule has 0 saturated carbocycles. The summed E-state index contributed by atoms with van der Waals surface area (Å²) in [6.45, 7) is 3.08. The third kappa shape index (κ3) is 6.13. The lowest BCUT2D eigenvalue weighted by Crippen LogP contribution is -2.38. The van der Waals surface area contributed by atoms with Gasteiger partial charge in [-0.2, -0.15) is 13.2 Å². The number of aryl methyl sites for hydroxylation is 2. The molecule has 0 aliphatic carbocycles. The number of methoxy groups -OCH3 is 1. The van der Waals surface area contributed by atoms with Gasteiger partial charge in [-0.3, -0.25) is 9.10 Å². The molecule has 0 aliphatic heterocycles. The van der Waals surface area contributed by atoms with Crippen LogP contribution < -0.4 is 14.4 Å². The van der Waals surface area contributed by atoms with Crippen molar-refractivity contribution in [3.8, 4) is 5.75 Å². The zero-order valence-electron chi connectivity index (χ0n) is 19.4. The van der Waals surface area contributed by atoms with E-state index < -0.39 is 34.2 Å². The van der Waals surface area contributed by atoms with Crippen LogP contribution in [0.25, 0.3) is 0 Å². The van der Waals surface area contributed by atoms with Gasteiger partial charge in [-0.25, -0.2) is 8.42 Å². The number of sulfonamides is 1. The van der Waals surface area contributed by atoms with Gasteiger partial charge >= 0.3 is 6.18 Å². The molecule has 3 rings (SSSR count). The van der Waals surface area contributed by atoms with E-state index in [4.69, 9.17) is 4.74 Å². The van der Waals surface area contributed by atoms with Crippen LogP contribution in [0.15, 0.2) is 71.6 Å². The van der Waals surface area contributed by atoms with Crippen LogP contribution >= 0.6 is 0 Å². The third-order valence-corrected chi connectivity index (χ3v) is 7.10. The fourth-order valence-corrected chi connectivity index (χ4v) is 5.06. The van der Waals surface area contributed by atoms with Crippen LogP contribution in [0, 0.1) is 6.92 Å². The molecule has 0 aliphatic rings. The SMILES string of the molecule is CCc1ccc(N(CC(=O)Nc2ccc(C(F)(F)F)cc2)S(=O)(=O)c2cc(C)ccc2OC)cc1. The summed E-state index contributed by atoms with van der Waals surface area (Å²) in [5.41, 5.74) is 1.17. The fraction of sp³-hybridized carbons (Fsp3) is 0.240. The molecule has 35 heavy (non-hydrogen) atoms. The van der Waals surface area contributed by atoms with Gasteiger partial charge in [-0.1, -0.05) is 25.1 Å². The van der Waals surface area contributed by atoms with E-state index in [1.165, 1.54) is 19.2 Å². The normalized spacial score (nSPS) is 11.7. The number of ether oxygens (including phenoxy) is 1. The molecule has 6 nitrogen and oxygen atoms in total. The maximum absolute atomic E-state index is 13.7. The average molecular weight is 507 g/mol. The smallest absolute Gasteiger partial charge is 0.416 e.